The number of amides is 2. The summed E-state index contributed by atoms with van der Waals surface area (Å²) in [7, 11) is 0. The summed E-state index contributed by atoms with van der Waals surface area (Å²) in [6.45, 7) is -0.115. The molecular weight excluding hydrogens is 384 g/mol. The number of hydrogen-bond donors (Lipinski definition) is 3. The lowest BCUT2D eigenvalue weighted by Gasteiger charge is -2.25. The Bertz CT molecular complexity index is 950. The standard InChI is InChI=1S/C19H16N2O6S/c22-17(18(23)21-12-5-6-13-14(9-12)27-11-26-13)20-10-19(24,15-3-1-7-25-15)16-4-2-8-28-16/h1-9,24H,10-11H2,(H,20,22)(H,21,23). The zero-order chi connectivity index (χ0) is 19.6. The van der Waals surface area contributed by atoms with E-state index in [2.05, 4.69) is 10.6 Å². The Morgan fingerprint density at radius 1 is 1.11 bits per heavy atom. The van der Waals surface area contributed by atoms with Crippen LogP contribution in [0, 0.1) is 0 Å². The minimum atomic E-state index is -1.58. The van der Waals surface area contributed by atoms with Gasteiger partial charge in [0.25, 0.3) is 0 Å². The van der Waals surface area contributed by atoms with Gasteiger partial charge >= 0.3 is 11.8 Å². The van der Waals surface area contributed by atoms with Crippen LogP contribution in [-0.2, 0) is 15.2 Å². The molecule has 0 aliphatic carbocycles. The van der Waals surface area contributed by atoms with Crippen LogP contribution in [0.4, 0.5) is 5.69 Å². The van der Waals surface area contributed by atoms with E-state index < -0.39 is 17.4 Å². The average Bonchev–Trinajstić information content (AvgIpc) is 3.47. The van der Waals surface area contributed by atoms with Gasteiger partial charge in [-0.2, -0.15) is 0 Å². The van der Waals surface area contributed by atoms with Crippen molar-refractivity contribution < 1.29 is 28.6 Å². The second kappa shape index (κ2) is 7.37. The Balaban J connectivity index is 1.43. The van der Waals surface area contributed by atoms with Gasteiger partial charge in [-0.05, 0) is 35.7 Å². The van der Waals surface area contributed by atoms with E-state index >= 15 is 0 Å². The molecule has 3 N–H and O–H groups in total. The first-order valence-electron chi connectivity index (χ1n) is 8.35. The van der Waals surface area contributed by atoms with Gasteiger partial charge in [0, 0.05) is 16.6 Å². The van der Waals surface area contributed by atoms with Crippen LogP contribution < -0.4 is 20.1 Å². The highest BCUT2D eigenvalue weighted by Crippen LogP contribution is 2.34. The Kier molecular flexibility index (Phi) is 4.76. The Morgan fingerprint density at radius 2 is 1.96 bits per heavy atom. The van der Waals surface area contributed by atoms with Crippen LogP contribution in [0.3, 0.4) is 0 Å². The predicted octanol–water partition coefficient (Wildman–Crippen LogP) is 2.06. The molecule has 0 fully saturated rings. The number of rotatable bonds is 5. The van der Waals surface area contributed by atoms with Crippen LogP contribution in [-0.4, -0.2) is 30.3 Å². The molecule has 28 heavy (non-hydrogen) atoms. The number of aliphatic hydroxyl groups is 1. The van der Waals surface area contributed by atoms with Crippen LogP contribution >= 0.6 is 11.3 Å². The first-order valence-corrected chi connectivity index (χ1v) is 9.23. The number of anilines is 1. The largest absolute Gasteiger partial charge is 0.466 e. The quantitative estimate of drug-likeness (QED) is 0.566. The molecule has 4 rings (SSSR count). The van der Waals surface area contributed by atoms with E-state index in [1.165, 1.54) is 17.6 Å². The third kappa shape index (κ3) is 3.45. The van der Waals surface area contributed by atoms with Gasteiger partial charge in [0.2, 0.25) is 6.79 Å². The van der Waals surface area contributed by atoms with Crippen LogP contribution in [0.2, 0.25) is 0 Å². The molecule has 2 amide bonds. The Morgan fingerprint density at radius 3 is 2.71 bits per heavy atom. The zero-order valence-electron chi connectivity index (χ0n) is 14.5. The third-order valence-electron chi connectivity index (χ3n) is 4.20. The molecule has 3 aromatic rings. The van der Waals surface area contributed by atoms with E-state index in [1.807, 2.05) is 0 Å². The lowest BCUT2D eigenvalue weighted by atomic mass is 9.98. The normalized spacial score (nSPS) is 14.3. The molecule has 0 saturated heterocycles. The number of furan rings is 1. The summed E-state index contributed by atoms with van der Waals surface area (Å²) in [4.78, 5) is 25.0. The number of ether oxygens (including phenoxy) is 2. The number of carbonyl (C=O) groups is 2. The number of thiophene rings is 1. The maximum atomic E-state index is 12.2. The molecule has 2 aromatic heterocycles. The summed E-state index contributed by atoms with van der Waals surface area (Å²) >= 11 is 1.31. The van der Waals surface area contributed by atoms with E-state index in [4.69, 9.17) is 13.9 Å². The highest BCUT2D eigenvalue weighted by molar-refractivity contribution is 7.10. The van der Waals surface area contributed by atoms with Gasteiger partial charge in [-0.3, -0.25) is 9.59 Å². The SMILES string of the molecule is O=C(NCC(O)(c1ccco1)c1cccs1)C(=O)Nc1ccc2c(c1)OCO2. The summed E-state index contributed by atoms with van der Waals surface area (Å²) < 4.78 is 15.8. The van der Waals surface area contributed by atoms with Crippen molar-refractivity contribution >= 4 is 28.8 Å². The molecule has 9 heteroatoms. The van der Waals surface area contributed by atoms with Gasteiger partial charge in [0.15, 0.2) is 17.1 Å². The van der Waals surface area contributed by atoms with Gasteiger partial charge in [0.1, 0.15) is 5.76 Å². The molecule has 0 radical (unpaired) electrons. The highest BCUT2D eigenvalue weighted by atomic mass is 32.1. The monoisotopic (exact) mass is 400 g/mol. The van der Waals surface area contributed by atoms with Crippen molar-refractivity contribution in [2.24, 2.45) is 0 Å². The van der Waals surface area contributed by atoms with Crippen LogP contribution in [0.15, 0.2) is 58.5 Å². The van der Waals surface area contributed by atoms with E-state index in [9.17, 15) is 14.7 Å². The second-order valence-electron chi connectivity index (χ2n) is 6.02. The van der Waals surface area contributed by atoms with Gasteiger partial charge < -0.3 is 29.6 Å². The van der Waals surface area contributed by atoms with Gasteiger partial charge in [-0.25, -0.2) is 0 Å². The highest BCUT2D eigenvalue weighted by Gasteiger charge is 2.36. The van der Waals surface area contributed by atoms with Crippen molar-refractivity contribution in [1.29, 1.82) is 0 Å². The zero-order valence-corrected chi connectivity index (χ0v) is 15.3. The molecule has 1 unspecified atom stereocenters. The summed E-state index contributed by atoms with van der Waals surface area (Å²) in [6, 6.07) is 11.6. The van der Waals surface area contributed by atoms with Crippen LogP contribution in [0.25, 0.3) is 0 Å². The fourth-order valence-electron chi connectivity index (χ4n) is 2.77. The van der Waals surface area contributed by atoms with Crippen molar-refractivity contribution in [3.05, 3.63) is 64.7 Å². The topological polar surface area (TPSA) is 110 Å². The van der Waals surface area contributed by atoms with Gasteiger partial charge in [0.05, 0.1) is 12.8 Å². The fourth-order valence-corrected chi connectivity index (χ4v) is 3.60. The minimum absolute atomic E-state index is 0.112. The lowest BCUT2D eigenvalue weighted by Crippen LogP contribution is -2.44. The first kappa shape index (κ1) is 18.1. The van der Waals surface area contributed by atoms with E-state index in [0.29, 0.717) is 22.1 Å². The second-order valence-corrected chi connectivity index (χ2v) is 6.97. The minimum Gasteiger partial charge on any atom is -0.466 e. The van der Waals surface area contributed by atoms with Crippen LogP contribution in [0.5, 0.6) is 11.5 Å². The van der Waals surface area contributed by atoms with Crippen molar-refractivity contribution in [2.75, 3.05) is 18.7 Å². The van der Waals surface area contributed by atoms with Gasteiger partial charge in [-0.15, -0.1) is 11.3 Å². The number of benzene rings is 1. The molecule has 1 aromatic carbocycles. The van der Waals surface area contributed by atoms with E-state index in [-0.39, 0.29) is 19.1 Å². The predicted molar refractivity (Wildman–Crippen MR) is 100 cm³/mol. The average molecular weight is 400 g/mol. The van der Waals surface area contributed by atoms with Crippen LogP contribution in [0.1, 0.15) is 10.6 Å². The number of hydrogen-bond acceptors (Lipinski definition) is 7. The van der Waals surface area contributed by atoms with E-state index in [1.54, 1.807) is 47.8 Å². The van der Waals surface area contributed by atoms with Gasteiger partial charge in [-0.1, -0.05) is 6.07 Å². The number of nitrogens with one attached hydrogen (secondary N) is 2. The molecule has 1 aliphatic heterocycles. The van der Waals surface area contributed by atoms with Crippen molar-refractivity contribution in [2.45, 2.75) is 5.60 Å². The summed E-state index contributed by atoms with van der Waals surface area (Å²) in [6.07, 6.45) is 1.43. The van der Waals surface area contributed by atoms with Crippen molar-refractivity contribution in [3.63, 3.8) is 0 Å². The molecule has 0 bridgehead atoms. The van der Waals surface area contributed by atoms with Crippen molar-refractivity contribution in [1.82, 2.24) is 5.32 Å². The Hall–Kier alpha value is -3.30. The molecule has 8 nitrogen and oxygen atoms in total. The lowest BCUT2D eigenvalue weighted by molar-refractivity contribution is -0.136. The Labute approximate surface area is 163 Å². The first-order chi connectivity index (χ1) is 13.6. The molecule has 1 atom stereocenters. The molecular formula is C19H16N2O6S. The molecule has 1 aliphatic rings. The smallest absolute Gasteiger partial charge is 0.313 e. The fraction of sp³-hybridized carbons (Fsp3) is 0.158. The molecule has 3 heterocycles. The molecule has 144 valence electrons. The maximum Gasteiger partial charge on any atom is 0.313 e. The number of carbonyl (C=O) groups excluding carboxylic acids is 2. The third-order valence-corrected chi connectivity index (χ3v) is 5.22. The molecule has 0 spiro atoms. The van der Waals surface area contributed by atoms with E-state index in [0.717, 1.165) is 0 Å². The summed E-state index contributed by atoms with van der Waals surface area (Å²) in [5.41, 5.74) is -1.18. The summed E-state index contributed by atoms with van der Waals surface area (Å²) in [5.74, 6) is -0.428. The maximum absolute atomic E-state index is 12.2. The number of fused-ring (bicyclic) bond motifs is 1. The molecule has 0 saturated carbocycles. The van der Waals surface area contributed by atoms with Crippen molar-refractivity contribution in [3.8, 4) is 11.5 Å². The summed E-state index contributed by atoms with van der Waals surface area (Å²) in [5, 5.41) is 17.9.